The Bertz CT molecular complexity index is 353. The van der Waals surface area contributed by atoms with E-state index in [1.54, 1.807) is 24.5 Å². The van der Waals surface area contributed by atoms with Crippen molar-refractivity contribution < 1.29 is 14.7 Å². The molecule has 1 atom stereocenters. The number of aliphatic carboxylic acids is 1. The monoisotopic (exact) mass is 209 g/mol. The van der Waals surface area contributed by atoms with Gasteiger partial charge in [-0.1, -0.05) is 6.07 Å². The van der Waals surface area contributed by atoms with Crippen LogP contribution in [-0.4, -0.2) is 28.1 Å². The molecule has 0 saturated heterocycles. The number of pyridine rings is 1. The molecule has 15 heavy (non-hydrogen) atoms. The zero-order chi connectivity index (χ0) is 11.3. The summed E-state index contributed by atoms with van der Waals surface area (Å²) in [5, 5.41) is 10.9. The molecule has 1 heterocycles. The molecular formula is C9H11N3O3. The molecule has 0 aliphatic heterocycles. The number of carbonyl (C=O) groups excluding carboxylic acids is 1. The minimum atomic E-state index is -1.13. The number of carbonyl (C=O) groups is 2. The summed E-state index contributed by atoms with van der Waals surface area (Å²) in [4.78, 5) is 25.1. The average molecular weight is 209 g/mol. The largest absolute Gasteiger partial charge is 0.480 e. The van der Waals surface area contributed by atoms with Gasteiger partial charge >= 0.3 is 12.0 Å². The maximum Gasteiger partial charge on any atom is 0.326 e. The van der Waals surface area contributed by atoms with Gasteiger partial charge in [0.15, 0.2) is 0 Å². The highest BCUT2D eigenvalue weighted by molar-refractivity contribution is 5.81. The van der Waals surface area contributed by atoms with Crippen LogP contribution in [0.15, 0.2) is 24.5 Å². The molecule has 6 nitrogen and oxygen atoms in total. The number of hydrogen-bond acceptors (Lipinski definition) is 3. The van der Waals surface area contributed by atoms with Crippen molar-refractivity contribution in [2.24, 2.45) is 5.73 Å². The van der Waals surface area contributed by atoms with Crippen molar-refractivity contribution in [2.45, 2.75) is 12.5 Å². The minimum absolute atomic E-state index is 0.159. The molecule has 0 aliphatic carbocycles. The van der Waals surface area contributed by atoms with E-state index in [0.29, 0.717) is 0 Å². The molecule has 1 aromatic heterocycles. The number of amides is 2. The van der Waals surface area contributed by atoms with Gasteiger partial charge in [-0.2, -0.15) is 0 Å². The van der Waals surface area contributed by atoms with Crippen LogP contribution in [0.3, 0.4) is 0 Å². The van der Waals surface area contributed by atoms with Gasteiger partial charge in [0, 0.05) is 18.8 Å². The molecule has 0 fully saturated rings. The number of aromatic nitrogens is 1. The van der Waals surface area contributed by atoms with Gasteiger partial charge in [0.2, 0.25) is 0 Å². The van der Waals surface area contributed by atoms with Gasteiger partial charge in [0.1, 0.15) is 6.04 Å². The summed E-state index contributed by atoms with van der Waals surface area (Å²) in [7, 11) is 0. The third kappa shape index (κ3) is 3.63. The molecule has 2 amide bonds. The van der Waals surface area contributed by atoms with Crippen LogP contribution in [0, 0.1) is 0 Å². The SMILES string of the molecule is NC(=O)N[C@@H](Cc1cccnc1)C(=O)O. The number of rotatable bonds is 4. The van der Waals surface area contributed by atoms with E-state index in [1.807, 2.05) is 0 Å². The van der Waals surface area contributed by atoms with Crippen LogP contribution in [0.5, 0.6) is 0 Å². The number of nitrogens with zero attached hydrogens (tertiary/aromatic N) is 1. The first-order valence-corrected chi connectivity index (χ1v) is 4.27. The van der Waals surface area contributed by atoms with Gasteiger partial charge in [-0.15, -0.1) is 0 Å². The van der Waals surface area contributed by atoms with E-state index in [9.17, 15) is 9.59 Å². The van der Waals surface area contributed by atoms with Gasteiger partial charge in [0.05, 0.1) is 0 Å². The van der Waals surface area contributed by atoms with E-state index in [2.05, 4.69) is 10.3 Å². The van der Waals surface area contributed by atoms with E-state index in [1.165, 1.54) is 0 Å². The standard InChI is InChI=1S/C9H11N3O3/c10-9(15)12-7(8(13)14)4-6-2-1-3-11-5-6/h1-3,5,7H,4H2,(H,13,14)(H3,10,12,15)/t7-/m0/s1. The summed E-state index contributed by atoms with van der Waals surface area (Å²) in [6.07, 6.45) is 3.28. The highest BCUT2D eigenvalue weighted by atomic mass is 16.4. The molecule has 0 unspecified atom stereocenters. The van der Waals surface area contributed by atoms with Crippen LogP contribution in [-0.2, 0) is 11.2 Å². The first-order valence-electron chi connectivity index (χ1n) is 4.27. The van der Waals surface area contributed by atoms with Crippen molar-refractivity contribution in [3.63, 3.8) is 0 Å². The molecule has 0 radical (unpaired) electrons. The molecular weight excluding hydrogens is 198 g/mol. The average Bonchev–Trinajstić information content (AvgIpc) is 2.17. The van der Waals surface area contributed by atoms with Crippen LogP contribution in [0.4, 0.5) is 4.79 Å². The normalized spacial score (nSPS) is 11.7. The first-order chi connectivity index (χ1) is 7.09. The zero-order valence-electron chi connectivity index (χ0n) is 7.88. The minimum Gasteiger partial charge on any atom is -0.480 e. The molecule has 80 valence electrons. The smallest absolute Gasteiger partial charge is 0.326 e. The van der Waals surface area contributed by atoms with E-state index in [-0.39, 0.29) is 6.42 Å². The summed E-state index contributed by atoms with van der Waals surface area (Å²) in [6, 6.07) is 1.54. The highest BCUT2D eigenvalue weighted by Crippen LogP contribution is 2.01. The lowest BCUT2D eigenvalue weighted by Gasteiger charge is -2.12. The fraction of sp³-hybridized carbons (Fsp3) is 0.222. The predicted molar refractivity (Wildman–Crippen MR) is 52.1 cm³/mol. The second kappa shape index (κ2) is 4.94. The van der Waals surface area contributed by atoms with Crippen LogP contribution in [0.1, 0.15) is 5.56 Å². The van der Waals surface area contributed by atoms with Gasteiger partial charge in [0.25, 0.3) is 0 Å². The molecule has 0 bridgehead atoms. The Morgan fingerprint density at radius 2 is 2.33 bits per heavy atom. The van der Waals surface area contributed by atoms with Crippen molar-refractivity contribution in [2.75, 3.05) is 0 Å². The fourth-order valence-electron chi connectivity index (χ4n) is 1.13. The number of carboxylic acids is 1. The van der Waals surface area contributed by atoms with Gasteiger partial charge in [-0.3, -0.25) is 4.98 Å². The van der Waals surface area contributed by atoms with Crippen LogP contribution in [0.2, 0.25) is 0 Å². The van der Waals surface area contributed by atoms with Crippen LogP contribution in [0.25, 0.3) is 0 Å². The van der Waals surface area contributed by atoms with Gasteiger partial charge < -0.3 is 16.2 Å². The second-order valence-electron chi connectivity index (χ2n) is 2.96. The number of hydrogen-bond donors (Lipinski definition) is 3. The van der Waals surface area contributed by atoms with Gasteiger partial charge in [-0.05, 0) is 11.6 Å². The summed E-state index contributed by atoms with van der Waals surface area (Å²) in [5.41, 5.74) is 5.58. The van der Waals surface area contributed by atoms with E-state index >= 15 is 0 Å². The number of carboxylic acid groups (broad SMARTS) is 1. The molecule has 0 saturated carbocycles. The zero-order valence-corrected chi connectivity index (χ0v) is 7.88. The van der Waals surface area contributed by atoms with Crippen LogP contribution >= 0.6 is 0 Å². The third-order valence-electron chi connectivity index (χ3n) is 1.78. The molecule has 4 N–H and O–H groups in total. The Hall–Kier alpha value is -2.11. The van der Waals surface area contributed by atoms with Crippen molar-refractivity contribution in [1.82, 2.24) is 10.3 Å². The number of nitrogens with two attached hydrogens (primary N) is 1. The highest BCUT2D eigenvalue weighted by Gasteiger charge is 2.18. The third-order valence-corrected chi connectivity index (χ3v) is 1.78. The maximum absolute atomic E-state index is 10.7. The van der Waals surface area contributed by atoms with Gasteiger partial charge in [-0.25, -0.2) is 9.59 Å². The lowest BCUT2D eigenvalue weighted by atomic mass is 10.1. The molecule has 0 aromatic carbocycles. The Labute approximate surface area is 86.1 Å². The number of urea groups is 1. The quantitative estimate of drug-likeness (QED) is 0.635. The second-order valence-corrected chi connectivity index (χ2v) is 2.96. The Kier molecular flexibility index (Phi) is 3.61. The van der Waals surface area contributed by atoms with Crippen molar-refractivity contribution in [3.8, 4) is 0 Å². The van der Waals surface area contributed by atoms with Crippen LogP contribution < -0.4 is 11.1 Å². The lowest BCUT2D eigenvalue weighted by molar-refractivity contribution is -0.139. The summed E-state index contributed by atoms with van der Waals surface area (Å²) in [6.45, 7) is 0. The Morgan fingerprint density at radius 3 is 2.80 bits per heavy atom. The number of nitrogens with one attached hydrogen (secondary N) is 1. The Morgan fingerprint density at radius 1 is 1.60 bits per heavy atom. The van der Waals surface area contributed by atoms with E-state index in [4.69, 9.17) is 10.8 Å². The van der Waals surface area contributed by atoms with Crippen molar-refractivity contribution in [3.05, 3.63) is 30.1 Å². The molecule has 0 aliphatic rings. The molecule has 0 spiro atoms. The topological polar surface area (TPSA) is 105 Å². The van der Waals surface area contributed by atoms with Crippen molar-refractivity contribution in [1.29, 1.82) is 0 Å². The summed E-state index contributed by atoms with van der Waals surface area (Å²) >= 11 is 0. The molecule has 1 aromatic rings. The maximum atomic E-state index is 10.7. The van der Waals surface area contributed by atoms with E-state index < -0.39 is 18.0 Å². The van der Waals surface area contributed by atoms with E-state index in [0.717, 1.165) is 5.56 Å². The molecule has 6 heteroatoms. The predicted octanol–water partition coefficient (Wildman–Crippen LogP) is -0.254. The number of primary amides is 1. The van der Waals surface area contributed by atoms with Crippen molar-refractivity contribution >= 4 is 12.0 Å². The fourth-order valence-corrected chi connectivity index (χ4v) is 1.13. The molecule has 1 rings (SSSR count). The summed E-state index contributed by atoms with van der Waals surface area (Å²) in [5.74, 6) is -1.13. The summed E-state index contributed by atoms with van der Waals surface area (Å²) < 4.78 is 0. The Balaban J connectivity index is 2.67. The first kappa shape index (κ1) is 11.0. The lowest BCUT2D eigenvalue weighted by Crippen LogP contribution is -2.44.